The second-order valence-corrected chi connectivity index (χ2v) is 30.7. The number of anilines is 8. The molecule has 138 heavy (non-hydrogen) atoms. The molecule has 0 spiro atoms. The van der Waals surface area contributed by atoms with E-state index in [9.17, 15) is 4.79 Å². The molecule has 1 aliphatic rings. The fourth-order valence-corrected chi connectivity index (χ4v) is 14.6. The topological polar surface area (TPSA) is 406 Å². The number of rotatable bonds is 27. The maximum absolute atomic E-state index is 15.5. The number of nitrogens with zero attached hydrogens (tertiary/aromatic N) is 27. The Labute approximate surface area is 790 Å². The first-order valence-corrected chi connectivity index (χ1v) is 41.7. The number of benzene rings is 4. The summed E-state index contributed by atoms with van der Waals surface area (Å²) < 4.78 is 146. The summed E-state index contributed by atoms with van der Waals surface area (Å²) in [7, 11) is 17.3. The van der Waals surface area contributed by atoms with E-state index in [1.165, 1.54) is 81.1 Å². The highest BCUT2D eigenvalue weighted by atomic mass is 32.1. The van der Waals surface area contributed by atoms with Crippen molar-refractivity contribution in [2.75, 3.05) is 88.9 Å². The summed E-state index contributed by atoms with van der Waals surface area (Å²) in [6.07, 6.45) is 34.7. The zero-order chi connectivity index (χ0) is 95.7. The SMILES string of the molecule is C.CNCCN(c1ncc2ncc(-c3ccn(C)c3)nc2n1)c1c(F)c(C)cc(OC)c1F.COc1cc(C)c(F)c(N(Cc2ncc[nH]2)c2ncc3ncc(-c4ccn(C)c4)nc3n2)c1.COc1cc(OC)c(F)c(N(C[C@@H]2CCC(=O)N2)c2ncc3ncc(-c4cnn(C)c4)nc3n2)c1F.COc1cc(OC)c(F)c(N(Cc2ncc[nH]2)c2ncc3ncc(-c4ccn(C)c4)nc3n2)c1F.S. The number of halogens is 7. The highest BCUT2D eigenvalue weighted by molar-refractivity contribution is 7.59. The standard InChI is InChI=1S/C23H22F2N8O3.C23H20F2N8O2.C23H21FN8O.C22H23F2N7O.CH4.H2S/c1-32-10-12(7-28-32)14-8-26-15-9-27-23(31-22(15)30-14)33(11-13-4-5-18(34)29-13)21-19(24)16(35-2)6-17(36-3)20(21)25;1-32-7-4-13(11-32)14-9-28-15-10-29-23(31-22(15)30-14)33(12-18-26-5-6-27-18)21-19(24)16(34-2)8-17(35-3)20(21)25;1-14-8-16(33-3)9-19(21(14)24)32(13-20-25-5-6-26-20)23-28-11-18-22(30-23)29-17(10-27-18)15-4-7-31(2)12-15;1-13-9-17(32-4)19(24)20(18(13)23)31(8-6-25-2)22-27-11-16-21(29-22)28-15(10-26-16)14-5-7-30(3)12-14;;/h6-10,13H,4-5,11H2,1-3H3,(H,29,34);4-11H,12H2,1-3H3,(H,26,27);4-12H,13H2,1-3H3,(H,25,26);5,7,9-12,25H,6,8H2,1-4H3;1H4;1H2/t13-;;;;;/m0...../s1. The molecule has 15 heterocycles. The lowest BCUT2D eigenvalue weighted by Gasteiger charge is -2.27. The summed E-state index contributed by atoms with van der Waals surface area (Å²) in [5.74, 6) is -4.83. The van der Waals surface area contributed by atoms with Crippen LogP contribution in [0.2, 0.25) is 0 Å². The lowest BCUT2D eigenvalue weighted by atomic mass is 10.1. The molecule has 38 nitrogen and oxygen atoms in total. The third kappa shape index (κ3) is 21.0. The molecule has 4 aromatic carbocycles. The number of fused-ring (bicyclic) bond motifs is 4. The van der Waals surface area contributed by atoms with Gasteiger partial charge in [-0.1, -0.05) is 7.43 Å². The van der Waals surface area contributed by atoms with E-state index in [2.05, 4.69) is 115 Å². The van der Waals surface area contributed by atoms with Gasteiger partial charge in [-0.25, -0.2) is 101 Å². The Morgan fingerprint density at radius 2 is 0.812 bits per heavy atom. The summed E-state index contributed by atoms with van der Waals surface area (Å²) >= 11 is 0. The van der Waals surface area contributed by atoms with Gasteiger partial charge >= 0.3 is 0 Å². The first-order chi connectivity index (χ1) is 65.8. The van der Waals surface area contributed by atoms with Crippen LogP contribution in [0.3, 0.4) is 0 Å². The number of aryl methyl sites for hydroxylation is 6. The molecule has 712 valence electrons. The molecular formula is C92H92F7N31O7S. The molecule has 14 aromatic heterocycles. The highest BCUT2D eigenvalue weighted by Gasteiger charge is 2.35. The van der Waals surface area contributed by atoms with Gasteiger partial charge in [0, 0.05) is 169 Å². The number of ether oxygens (including phenoxy) is 6. The Morgan fingerprint density at radius 3 is 1.18 bits per heavy atom. The van der Waals surface area contributed by atoms with Crippen molar-refractivity contribution in [1.82, 2.24) is 134 Å². The maximum Gasteiger partial charge on any atom is 0.232 e. The minimum Gasteiger partial charge on any atom is -0.497 e. The van der Waals surface area contributed by atoms with Gasteiger partial charge in [-0.05, 0) is 68.8 Å². The fourth-order valence-electron chi connectivity index (χ4n) is 14.6. The van der Waals surface area contributed by atoms with Crippen molar-refractivity contribution in [3.63, 3.8) is 0 Å². The Morgan fingerprint density at radius 1 is 0.428 bits per heavy atom. The van der Waals surface area contributed by atoms with Crippen LogP contribution in [-0.2, 0) is 46.1 Å². The van der Waals surface area contributed by atoms with Crippen molar-refractivity contribution in [2.45, 2.75) is 53.2 Å². The molecule has 0 aliphatic carbocycles. The van der Waals surface area contributed by atoms with Gasteiger partial charge in [0.25, 0.3) is 0 Å². The van der Waals surface area contributed by atoms with Crippen molar-refractivity contribution >= 4 is 111 Å². The Hall–Kier alpha value is -16.7. The van der Waals surface area contributed by atoms with Gasteiger partial charge in [0.05, 0.1) is 140 Å². The minimum absolute atomic E-state index is 0. The number of H-pyrrole nitrogens is 2. The van der Waals surface area contributed by atoms with E-state index < -0.39 is 52.1 Å². The Balaban J connectivity index is 0.000000146. The molecule has 1 aliphatic heterocycles. The first kappa shape index (κ1) is 97.3. The third-order valence-corrected chi connectivity index (χ3v) is 21.5. The molecule has 1 saturated heterocycles. The molecule has 0 radical (unpaired) electrons. The van der Waals surface area contributed by atoms with Gasteiger partial charge in [-0.2, -0.15) is 38.5 Å². The fraction of sp³-hybridized carbons (Fsp3) is 0.239. The predicted molar refractivity (Wildman–Crippen MR) is 505 cm³/mol. The summed E-state index contributed by atoms with van der Waals surface area (Å²) in [6.45, 7) is 4.03. The normalized spacial score (nSPS) is 12.1. The van der Waals surface area contributed by atoms with Gasteiger partial charge < -0.3 is 72.5 Å². The third-order valence-electron chi connectivity index (χ3n) is 21.5. The van der Waals surface area contributed by atoms with Crippen molar-refractivity contribution in [2.24, 2.45) is 28.2 Å². The number of methoxy groups -OCH3 is 6. The maximum atomic E-state index is 15.5. The number of hydrogen-bond acceptors (Lipinski definition) is 31. The molecule has 0 unspecified atom stereocenters. The van der Waals surface area contributed by atoms with Gasteiger partial charge in [-0.3, -0.25) is 19.3 Å². The number of likely N-dealkylation sites (N-methyl/N-ethyl adjacent to an activating group) is 1. The lowest BCUT2D eigenvalue weighted by molar-refractivity contribution is -0.119. The van der Waals surface area contributed by atoms with Crippen LogP contribution in [-0.4, -0.2) is 204 Å². The van der Waals surface area contributed by atoms with Gasteiger partial charge in [-0.15, -0.1) is 0 Å². The van der Waals surface area contributed by atoms with Crippen LogP contribution in [0.25, 0.3) is 89.7 Å². The molecule has 18 aromatic rings. The number of carbonyl (C=O) groups is 1. The predicted octanol–water partition coefficient (Wildman–Crippen LogP) is 14.4. The Bertz CT molecular complexity index is 7350. The summed E-state index contributed by atoms with van der Waals surface area (Å²) in [4.78, 5) is 103. The van der Waals surface area contributed by atoms with Crippen molar-refractivity contribution < 1.29 is 63.9 Å². The molecule has 46 heteroatoms. The number of aromatic nitrogens is 25. The first-order valence-electron chi connectivity index (χ1n) is 41.7. The summed E-state index contributed by atoms with van der Waals surface area (Å²) in [5.41, 5.74) is 8.66. The average molecular weight is 1910 g/mol. The molecule has 1 amide bonds. The largest absolute Gasteiger partial charge is 0.497 e. The van der Waals surface area contributed by atoms with Gasteiger partial charge in [0.15, 0.2) is 86.2 Å². The van der Waals surface area contributed by atoms with Crippen LogP contribution in [0.15, 0.2) is 172 Å². The quantitative estimate of drug-likeness (QED) is 0.0347. The minimum atomic E-state index is -0.959. The van der Waals surface area contributed by atoms with E-state index >= 15 is 30.7 Å². The van der Waals surface area contributed by atoms with Crippen LogP contribution in [0, 0.1) is 54.6 Å². The number of amides is 1. The molecule has 0 bridgehead atoms. The number of aromatic amines is 2. The van der Waals surface area contributed by atoms with E-state index in [4.69, 9.17) is 28.4 Å². The monoisotopic (exact) mass is 1910 g/mol. The van der Waals surface area contributed by atoms with E-state index in [-0.39, 0.29) is 140 Å². The van der Waals surface area contributed by atoms with Gasteiger partial charge in [0.1, 0.15) is 62.3 Å². The molecular weight excluding hydrogens is 1820 g/mol. The summed E-state index contributed by atoms with van der Waals surface area (Å²) in [5, 5.41) is 9.94. The molecule has 4 N–H and O–H groups in total. The average Bonchev–Trinajstić information content (AvgIpc) is 1.08. The van der Waals surface area contributed by atoms with Crippen LogP contribution in [0.5, 0.6) is 34.5 Å². The van der Waals surface area contributed by atoms with Crippen LogP contribution in [0.4, 0.5) is 77.3 Å². The van der Waals surface area contributed by atoms with Crippen LogP contribution >= 0.6 is 13.5 Å². The van der Waals surface area contributed by atoms with E-state index in [0.29, 0.717) is 98.5 Å². The van der Waals surface area contributed by atoms with Crippen molar-refractivity contribution in [1.29, 1.82) is 0 Å². The molecule has 19 rings (SSSR count). The number of nitrogens with one attached hydrogen (secondary N) is 4. The van der Waals surface area contributed by atoms with Gasteiger partial charge in [0.2, 0.25) is 29.7 Å². The van der Waals surface area contributed by atoms with Crippen LogP contribution in [0.1, 0.15) is 43.0 Å². The second kappa shape index (κ2) is 42.7. The zero-order valence-corrected chi connectivity index (χ0v) is 76.8. The van der Waals surface area contributed by atoms with E-state index in [0.717, 1.165) is 34.4 Å². The lowest BCUT2D eigenvalue weighted by Crippen LogP contribution is -2.38. The van der Waals surface area contributed by atoms with E-state index in [1.54, 1.807) is 119 Å². The molecule has 1 fully saturated rings. The number of hydrogen-bond donors (Lipinski definition) is 4. The molecule has 0 saturated carbocycles. The van der Waals surface area contributed by atoms with Crippen LogP contribution < -0.4 is 58.7 Å². The van der Waals surface area contributed by atoms with Crippen molar-refractivity contribution in [3.8, 4) is 79.5 Å². The number of imidazole rings is 2. The Kier molecular flexibility index (Phi) is 30.1. The highest BCUT2D eigenvalue weighted by Crippen LogP contribution is 2.44. The number of carbonyl (C=O) groups excluding carboxylic acids is 1. The smallest absolute Gasteiger partial charge is 0.232 e. The second-order valence-electron chi connectivity index (χ2n) is 30.7. The molecule has 1 atom stereocenters. The van der Waals surface area contributed by atoms with Crippen molar-refractivity contribution in [3.05, 3.63) is 236 Å². The summed E-state index contributed by atoms with van der Waals surface area (Å²) in [6, 6.07) is 12.2. The van der Waals surface area contributed by atoms with E-state index in [1.807, 2.05) is 90.2 Å². The zero-order valence-electron chi connectivity index (χ0n) is 75.8.